The number of nitrogens with two attached hydrogens (primary N) is 2. The molecule has 4 atom stereocenters. The Morgan fingerprint density at radius 2 is 1.72 bits per heavy atom. The van der Waals surface area contributed by atoms with Gasteiger partial charge in [-0.15, -0.1) is 0 Å². The van der Waals surface area contributed by atoms with Crippen LogP contribution in [0, 0.1) is 0 Å². The number of rotatable bonds is 8. The quantitative estimate of drug-likeness (QED) is 0.484. The summed E-state index contributed by atoms with van der Waals surface area (Å²) in [6, 6.07) is 21.0. The molecule has 1 aliphatic heterocycles. The molecule has 0 spiro atoms. The van der Waals surface area contributed by atoms with Crippen molar-refractivity contribution in [3.63, 3.8) is 0 Å². The summed E-state index contributed by atoms with van der Waals surface area (Å²) in [7, 11) is 0. The molecular formula is C29H35ClN4O2. The molecule has 4 unspecified atom stereocenters. The highest BCUT2D eigenvalue weighted by Crippen LogP contribution is 2.29. The van der Waals surface area contributed by atoms with Crippen LogP contribution in [0.4, 0.5) is 0 Å². The van der Waals surface area contributed by atoms with Crippen molar-refractivity contribution >= 4 is 34.2 Å². The molecule has 0 aliphatic carbocycles. The minimum Gasteiger partial charge on any atom is -0.369 e. The summed E-state index contributed by atoms with van der Waals surface area (Å²) in [6.45, 7) is 6.04. The maximum atomic E-state index is 13.3. The van der Waals surface area contributed by atoms with Gasteiger partial charge < -0.3 is 16.4 Å². The summed E-state index contributed by atoms with van der Waals surface area (Å²) in [5.74, 6) is -0.819. The molecule has 0 aromatic heterocycles. The predicted octanol–water partition coefficient (Wildman–Crippen LogP) is 3.94. The van der Waals surface area contributed by atoms with Crippen LogP contribution in [0.15, 0.2) is 66.7 Å². The number of halogens is 1. The Kier molecular flexibility index (Phi) is 8.29. The number of primary amides is 1. The van der Waals surface area contributed by atoms with E-state index in [1.165, 1.54) is 0 Å². The van der Waals surface area contributed by atoms with E-state index in [0.717, 1.165) is 28.3 Å². The van der Waals surface area contributed by atoms with Crippen LogP contribution in [-0.4, -0.2) is 59.4 Å². The van der Waals surface area contributed by atoms with E-state index >= 15 is 0 Å². The molecule has 0 saturated carbocycles. The molecule has 4 N–H and O–H groups in total. The Balaban J connectivity index is 1.46. The number of fused-ring (bicyclic) bond motifs is 1. The second kappa shape index (κ2) is 11.4. The number of hydrogen-bond donors (Lipinski definition) is 2. The molecule has 7 heteroatoms. The lowest BCUT2D eigenvalue weighted by atomic mass is 9.88. The number of nitrogens with zero attached hydrogens (tertiary/aromatic N) is 2. The highest BCUT2D eigenvalue weighted by atomic mass is 35.5. The normalized spacial score (nSPS) is 19.1. The Hall–Kier alpha value is -2.93. The van der Waals surface area contributed by atoms with E-state index in [4.69, 9.17) is 23.1 Å². The molecule has 3 aromatic rings. The zero-order valence-corrected chi connectivity index (χ0v) is 21.7. The summed E-state index contributed by atoms with van der Waals surface area (Å²) < 4.78 is 0. The maximum Gasteiger partial charge on any atom is 0.240 e. The third-order valence-corrected chi connectivity index (χ3v) is 7.70. The van der Waals surface area contributed by atoms with Gasteiger partial charge in [-0.3, -0.25) is 14.5 Å². The zero-order chi connectivity index (χ0) is 25.8. The fourth-order valence-electron chi connectivity index (χ4n) is 5.36. The molecule has 1 aliphatic rings. The molecule has 36 heavy (non-hydrogen) atoms. The van der Waals surface area contributed by atoms with Gasteiger partial charge in [-0.25, -0.2) is 0 Å². The standard InChI is InChI=1S/C29H35ClN4O2/c1-3-25-18-33(14-15-34(25)29(36)26(31)16-20-8-12-24(30)13-9-20)19(2)27(28(32)35)23-11-10-21-6-4-5-7-22(21)17-23/h4-13,17,19,25-27H,3,14-16,18,31H2,1-2H3,(H2,32,35). The molecule has 3 aromatic carbocycles. The molecule has 1 heterocycles. The van der Waals surface area contributed by atoms with Gasteiger partial charge in [-0.2, -0.15) is 0 Å². The fraction of sp³-hybridized carbons (Fsp3) is 0.379. The fourth-order valence-corrected chi connectivity index (χ4v) is 5.48. The van der Waals surface area contributed by atoms with Gasteiger partial charge >= 0.3 is 0 Å². The van der Waals surface area contributed by atoms with Gasteiger partial charge in [0.05, 0.1) is 12.0 Å². The van der Waals surface area contributed by atoms with Crippen LogP contribution in [0.1, 0.15) is 37.3 Å². The average molecular weight is 507 g/mol. The molecular weight excluding hydrogens is 472 g/mol. The van der Waals surface area contributed by atoms with Crippen molar-refractivity contribution in [1.82, 2.24) is 9.80 Å². The molecule has 6 nitrogen and oxygen atoms in total. The van der Waals surface area contributed by atoms with Crippen molar-refractivity contribution < 1.29 is 9.59 Å². The zero-order valence-electron chi connectivity index (χ0n) is 20.9. The molecule has 1 fully saturated rings. The van der Waals surface area contributed by atoms with Crippen molar-refractivity contribution in [1.29, 1.82) is 0 Å². The molecule has 2 amide bonds. The topological polar surface area (TPSA) is 92.7 Å². The largest absolute Gasteiger partial charge is 0.369 e. The van der Waals surface area contributed by atoms with Crippen LogP contribution < -0.4 is 11.5 Å². The monoisotopic (exact) mass is 506 g/mol. The maximum absolute atomic E-state index is 13.3. The van der Waals surface area contributed by atoms with Crippen molar-refractivity contribution in [3.05, 3.63) is 82.9 Å². The molecule has 1 saturated heterocycles. The van der Waals surface area contributed by atoms with Crippen molar-refractivity contribution in [2.75, 3.05) is 19.6 Å². The highest BCUT2D eigenvalue weighted by Gasteiger charge is 2.37. The first-order chi connectivity index (χ1) is 17.3. The number of carbonyl (C=O) groups excluding carboxylic acids is 2. The summed E-state index contributed by atoms with van der Waals surface area (Å²) in [4.78, 5) is 30.1. The first kappa shape index (κ1) is 26.1. The van der Waals surface area contributed by atoms with E-state index in [0.29, 0.717) is 31.1 Å². The lowest BCUT2D eigenvalue weighted by Crippen LogP contribution is -2.61. The lowest BCUT2D eigenvalue weighted by molar-refractivity contribution is -0.138. The van der Waals surface area contributed by atoms with E-state index in [-0.39, 0.29) is 23.9 Å². The van der Waals surface area contributed by atoms with Gasteiger partial charge in [-0.05, 0) is 53.8 Å². The summed E-state index contributed by atoms with van der Waals surface area (Å²) >= 11 is 5.98. The first-order valence-corrected chi connectivity index (χ1v) is 13.0. The van der Waals surface area contributed by atoms with E-state index in [9.17, 15) is 9.59 Å². The summed E-state index contributed by atoms with van der Waals surface area (Å²) in [6.07, 6.45) is 1.27. The number of benzene rings is 3. The molecule has 4 rings (SSSR count). The predicted molar refractivity (Wildman–Crippen MR) is 146 cm³/mol. The van der Waals surface area contributed by atoms with Crippen molar-refractivity contribution in [3.8, 4) is 0 Å². The van der Waals surface area contributed by atoms with Crippen LogP contribution in [-0.2, 0) is 16.0 Å². The number of amides is 2. The van der Waals surface area contributed by atoms with E-state index in [2.05, 4.69) is 30.9 Å². The Morgan fingerprint density at radius 3 is 2.39 bits per heavy atom. The van der Waals surface area contributed by atoms with Crippen molar-refractivity contribution in [2.45, 2.75) is 50.7 Å². The Labute approximate surface area is 218 Å². The van der Waals surface area contributed by atoms with Crippen LogP contribution in [0.5, 0.6) is 0 Å². The highest BCUT2D eigenvalue weighted by molar-refractivity contribution is 6.30. The van der Waals surface area contributed by atoms with Crippen molar-refractivity contribution in [2.24, 2.45) is 11.5 Å². The summed E-state index contributed by atoms with van der Waals surface area (Å²) in [5.41, 5.74) is 14.2. The van der Waals surface area contributed by atoms with Crippen LogP contribution >= 0.6 is 11.6 Å². The van der Waals surface area contributed by atoms with E-state index < -0.39 is 12.0 Å². The third kappa shape index (κ3) is 5.72. The Bertz CT molecular complexity index is 1220. The second-order valence-corrected chi connectivity index (χ2v) is 10.2. The van der Waals surface area contributed by atoms with Gasteiger partial charge in [0.15, 0.2) is 0 Å². The second-order valence-electron chi connectivity index (χ2n) is 9.75. The van der Waals surface area contributed by atoms with E-state index in [1.54, 1.807) is 0 Å². The third-order valence-electron chi connectivity index (χ3n) is 7.45. The van der Waals surface area contributed by atoms with E-state index in [1.807, 2.05) is 59.5 Å². The Morgan fingerprint density at radius 1 is 1.03 bits per heavy atom. The minimum absolute atomic E-state index is 0.0232. The number of hydrogen-bond acceptors (Lipinski definition) is 4. The number of piperazine rings is 1. The van der Waals surface area contributed by atoms with Gasteiger partial charge in [-0.1, -0.05) is 73.1 Å². The molecule has 0 bridgehead atoms. The molecule has 0 radical (unpaired) electrons. The van der Waals surface area contributed by atoms with Gasteiger partial charge in [0.1, 0.15) is 0 Å². The SMILES string of the molecule is CCC1CN(C(C)C(C(N)=O)c2ccc3ccccc3c2)CCN1C(=O)C(N)Cc1ccc(Cl)cc1. The minimum atomic E-state index is -0.611. The van der Waals surface area contributed by atoms with Crippen LogP contribution in [0.25, 0.3) is 10.8 Å². The number of carbonyl (C=O) groups is 2. The summed E-state index contributed by atoms with van der Waals surface area (Å²) in [5, 5.41) is 2.88. The van der Waals surface area contributed by atoms with Crippen LogP contribution in [0.3, 0.4) is 0 Å². The van der Waals surface area contributed by atoms with Crippen LogP contribution in [0.2, 0.25) is 5.02 Å². The lowest BCUT2D eigenvalue weighted by Gasteiger charge is -2.45. The smallest absolute Gasteiger partial charge is 0.240 e. The average Bonchev–Trinajstić information content (AvgIpc) is 2.89. The van der Waals surface area contributed by atoms with Gasteiger partial charge in [0.2, 0.25) is 11.8 Å². The first-order valence-electron chi connectivity index (χ1n) is 12.6. The van der Waals surface area contributed by atoms with Gasteiger partial charge in [0, 0.05) is 36.7 Å². The van der Waals surface area contributed by atoms with Gasteiger partial charge in [0.25, 0.3) is 0 Å². The molecule has 190 valence electrons.